The van der Waals surface area contributed by atoms with Crippen LogP contribution >= 0.6 is 11.6 Å². The van der Waals surface area contributed by atoms with Gasteiger partial charge in [0.05, 0.1) is 18.2 Å². The fourth-order valence-electron chi connectivity index (χ4n) is 3.15. The van der Waals surface area contributed by atoms with Gasteiger partial charge < -0.3 is 15.0 Å². The molecule has 0 fully saturated rings. The zero-order chi connectivity index (χ0) is 22.5. The van der Waals surface area contributed by atoms with Gasteiger partial charge in [0.15, 0.2) is 0 Å². The molecule has 1 amide bonds. The highest BCUT2D eigenvalue weighted by Gasteiger charge is 2.31. The Labute approximate surface area is 180 Å². The van der Waals surface area contributed by atoms with Crippen LogP contribution in [-0.4, -0.2) is 38.6 Å². The Balaban J connectivity index is 2.40. The molecule has 0 bridgehead atoms. The van der Waals surface area contributed by atoms with Crippen LogP contribution in [0, 0.1) is 0 Å². The number of nitrogens with zero attached hydrogens (tertiary/aromatic N) is 1. The first-order chi connectivity index (χ1) is 14.1. The summed E-state index contributed by atoms with van der Waals surface area (Å²) >= 11 is 6.22. The maximum atomic E-state index is 13.1. The number of carbonyl (C=O) groups is 1. The highest BCUT2D eigenvalue weighted by Crippen LogP contribution is 2.34. The largest absolute Gasteiger partial charge is 0.496 e. The number of likely N-dealkylation sites (N-methyl/N-ethyl adjacent to an activating group) is 1. The molecule has 2 aromatic rings. The molecule has 0 atom stereocenters. The third-order valence-electron chi connectivity index (χ3n) is 4.61. The van der Waals surface area contributed by atoms with E-state index in [2.05, 4.69) is 5.32 Å². The number of benzene rings is 2. The second-order valence-corrected chi connectivity index (χ2v) is 7.71. The van der Waals surface area contributed by atoms with Gasteiger partial charge in [0.25, 0.3) is 5.91 Å². The molecule has 0 aliphatic carbocycles. The first-order valence-corrected chi connectivity index (χ1v) is 9.97. The Morgan fingerprint density at radius 3 is 2.40 bits per heavy atom. The van der Waals surface area contributed by atoms with Gasteiger partial charge in [0.1, 0.15) is 5.75 Å². The van der Waals surface area contributed by atoms with Crippen LogP contribution < -0.4 is 10.1 Å². The summed E-state index contributed by atoms with van der Waals surface area (Å²) in [5, 5.41) is 3.11. The van der Waals surface area contributed by atoms with E-state index in [0.717, 1.165) is 24.2 Å². The lowest BCUT2D eigenvalue weighted by Crippen LogP contribution is -2.18. The van der Waals surface area contributed by atoms with Gasteiger partial charge in [-0.3, -0.25) is 4.79 Å². The Morgan fingerprint density at radius 2 is 1.83 bits per heavy atom. The van der Waals surface area contributed by atoms with E-state index in [1.807, 2.05) is 25.9 Å². The van der Waals surface area contributed by atoms with E-state index < -0.39 is 17.6 Å². The van der Waals surface area contributed by atoms with Gasteiger partial charge in [-0.05, 0) is 68.4 Å². The number of hydrogen-bond donors (Lipinski definition) is 1. The monoisotopic (exact) mass is 442 g/mol. The average Bonchev–Trinajstić information content (AvgIpc) is 2.66. The predicted octanol–water partition coefficient (Wildman–Crippen LogP) is 5.68. The van der Waals surface area contributed by atoms with Crippen molar-refractivity contribution >= 4 is 23.2 Å². The Hall–Kier alpha value is -2.25. The zero-order valence-electron chi connectivity index (χ0n) is 17.5. The normalized spacial score (nSPS) is 11.6. The minimum atomic E-state index is -4.44. The maximum Gasteiger partial charge on any atom is 0.416 e. The molecule has 2 rings (SSSR count). The van der Waals surface area contributed by atoms with Crippen molar-refractivity contribution in [3.63, 3.8) is 0 Å². The summed E-state index contributed by atoms with van der Waals surface area (Å²) in [6.07, 6.45) is -2.78. The number of aryl methyl sites for hydroxylation is 1. The minimum Gasteiger partial charge on any atom is -0.496 e. The number of methoxy groups -OCH3 is 1. The fraction of sp³-hybridized carbons (Fsp3) is 0.409. The topological polar surface area (TPSA) is 41.6 Å². The smallest absolute Gasteiger partial charge is 0.416 e. The molecule has 0 aliphatic heterocycles. The standard InChI is InChI=1S/C22H26ClF3N2O2/c1-5-6-14-11-16(22(24,25)26)7-8-19(14)27-21(29)18-13-17(23)12-15(20(18)30-4)9-10-28(2)3/h7-8,11-13H,5-6,9-10H2,1-4H3,(H,27,29). The van der Waals surface area contributed by atoms with E-state index in [4.69, 9.17) is 16.3 Å². The number of nitrogens with one attached hydrogen (secondary N) is 1. The fourth-order valence-corrected chi connectivity index (χ4v) is 3.39. The highest BCUT2D eigenvalue weighted by molar-refractivity contribution is 6.31. The lowest BCUT2D eigenvalue weighted by molar-refractivity contribution is -0.137. The van der Waals surface area contributed by atoms with Gasteiger partial charge in [-0.15, -0.1) is 0 Å². The number of halogens is 4. The van der Waals surface area contributed by atoms with Crippen molar-refractivity contribution in [2.45, 2.75) is 32.4 Å². The van der Waals surface area contributed by atoms with Crippen molar-refractivity contribution in [3.05, 3.63) is 57.6 Å². The molecule has 4 nitrogen and oxygen atoms in total. The quantitative estimate of drug-likeness (QED) is 0.572. The molecule has 30 heavy (non-hydrogen) atoms. The van der Waals surface area contributed by atoms with Crippen molar-refractivity contribution in [1.29, 1.82) is 0 Å². The van der Waals surface area contributed by atoms with E-state index in [1.165, 1.54) is 19.2 Å². The lowest BCUT2D eigenvalue weighted by Gasteiger charge is -2.18. The molecule has 8 heteroatoms. The van der Waals surface area contributed by atoms with Crippen molar-refractivity contribution in [1.82, 2.24) is 4.90 Å². The lowest BCUT2D eigenvalue weighted by atomic mass is 10.0. The van der Waals surface area contributed by atoms with Gasteiger partial charge in [0.2, 0.25) is 0 Å². The summed E-state index contributed by atoms with van der Waals surface area (Å²) in [5.74, 6) is -0.0831. The van der Waals surface area contributed by atoms with Crippen LogP contribution in [0.1, 0.15) is 40.4 Å². The zero-order valence-corrected chi connectivity index (χ0v) is 18.2. The van der Waals surface area contributed by atoms with Crippen LogP contribution in [0.3, 0.4) is 0 Å². The molecule has 0 saturated heterocycles. The molecule has 0 radical (unpaired) electrons. The molecule has 0 aromatic heterocycles. The molecule has 1 N–H and O–H groups in total. The summed E-state index contributed by atoms with van der Waals surface area (Å²) in [6.45, 7) is 2.60. The minimum absolute atomic E-state index is 0.237. The van der Waals surface area contributed by atoms with Crippen LogP contribution in [-0.2, 0) is 19.0 Å². The van der Waals surface area contributed by atoms with E-state index in [-0.39, 0.29) is 5.56 Å². The van der Waals surface area contributed by atoms with E-state index in [9.17, 15) is 18.0 Å². The van der Waals surface area contributed by atoms with Crippen LogP contribution in [0.15, 0.2) is 30.3 Å². The second kappa shape index (κ2) is 10.2. The number of ether oxygens (including phenoxy) is 1. The molecule has 0 aliphatic rings. The van der Waals surface area contributed by atoms with Crippen LogP contribution in [0.5, 0.6) is 5.75 Å². The number of carbonyl (C=O) groups excluding carboxylic acids is 1. The molecule has 0 saturated carbocycles. The van der Waals surface area contributed by atoms with Crippen molar-refractivity contribution in [2.75, 3.05) is 33.1 Å². The molecule has 164 valence electrons. The Morgan fingerprint density at radius 1 is 1.13 bits per heavy atom. The number of hydrogen-bond acceptors (Lipinski definition) is 3. The highest BCUT2D eigenvalue weighted by atomic mass is 35.5. The Kier molecular flexibility index (Phi) is 8.15. The molecular formula is C22H26ClF3N2O2. The third-order valence-corrected chi connectivity index (χ3v) is 4.83. The third kappa shape index (κ3) is 6.12. The number of rotatable bonds is 8. The predicted molar refractivity (Wildman–Crippen MR) is 114 cm³/mol. The first kappa shape index (κ1) is 24.0. The number of anilines is 1. The van der Waals surface area contributed by atoms with Crippen molar-refractivity contribution < 1.29 is 22.7 Å². The Bertz CT molecular complexity index is 899. The SMILES string of the molecule is CCCc1cc(C(F)(F)F)ccc1NC(=O)c1cc(Cl)cc(CCN(C)C)c1OC. The van der Waals surface area contributed by atoms with E-state index in [0.29, 0.717) is 41.3 Å². The van der Waals surface area contributed by atoms with Crippen LogP contribution in [0.25, 0.3) is 0 Å². The molecule has 0 heterocycles. The summed E-state index contributed by atoms with van der Waals surface area (Å²) < 4.78 is 44.7. The molecule has 0 unspecified atom stereocenters. The molecular weight excluding hydrogens is 417 g/mol. The number of alkyl halides is 3. The van der Waals surface area contributed by atoms with E-state index in [1.54, 1.807) is 6.07 Å². The average molecular weight is 443 g/mol. The second-order valence-electron chi connectivity index (χ2n) is 7.27. The summed E-state index contributed by atoms with van der Waals surface area (Å²) in [5.41, 5.74) is 1.04. The van der Waals surface area contributed by atoms with Crippen molar-refractivity contribution in [3.8, 4) is 5.75 Å². The van der Waals surface area contributed by atoms with E-state index >= 15 is 0 Å². The summed E-state index contributed by atoms with van der Waals surface area (Å²) in [7, 11) is 5.34. The van der Waals surface area contributed by atoms with Gasteiger partial charge in [-0.25, -0.2) is 0 Å². The van der Waals surface area contributed by atoms with Crippen LogP contribution in [0.4, 0.5) is 18.9 Å². The molecule has 2 aromatic carbocycles. The van der Waals surface area contributed by atoms with Gasteiger partial charge in [0, 0.05) is 17.3 Å². The first-order valence-electron chi connectivity index (χ1n) is 9.59. The summed E-state index contributed by atoms with van der Waals surface area (Å²) in [6, 6.07) is 6.58. The van der Waals surface area contributed by atoms with Crippen LogP contribution in [0.2, 0.25) is 5.02 Å². The van der Waals surface area contributed by atoms with Gasteiger partial charge >= 0.3 is 6.18 Å². The van der Waals surface area contributed by atoms with Gasteiger partial charge in [-0.2, -0.15) is 13.2 Å². The number of amides is 1. The summed E-state index contributed by atoms with van der Waals surface area (Å²) in [4.78, 5) is 15.0. The molecule has 0 spiro atoms. The van der Waals surface area contributed by atoms with Gasteiger partial charge in [-0.1, -0.05) is 24.9 Å². The maximum absolute atomic E-state index is 13.1. The van der Waals surface area contributed by atoms with Crippen molar-refractivity contribution in [2.24, 2.45) is 0 Å².